The standard InChI is InChI=1S/C29H31N5O3/c1-17-9-7-10-18(2)25(17)21-13-22(16-24(15-21)33(5)6)27-31-19(3)26(34(27)37)29(36)32-23-12-8-11-20(14-23)28(35)30-4/h7-16,37H,1-6H3,(H2,30,32,35,36)/p+1. The Labute approximate surface area is 216 Å². The van der Waals surface area contributed by atoms with Crippen LogP contribution in [0, 0.1) is 20.8 Å². The first-order chi connectivity index (χ1) is 17.6. The molecule has 4 N–H and O–H groups in total. The van der Waals surface area contributed by atoms with Gasteiger partial charge in [-0.1, -0.05) is 24.3 Å². The summed E-state index contributed by atoms with van der Waals surface area (Å²) in [6, 6.07) is 18.9. The number of hydrogen-bond acceptors (Lipinski definition) is 4. The molecular formula is C29H32N5O3+. The average molecular weight is 499 g/mol. The summed E-state index contributed by atoms with van der Waals surface area (Å²) >= 11 is 0. The normalized spacial score (nSPS) is 10.8. The third kappa shape index (κ3) is 5.04. The number of carbonyl (C=O) groups is 2. The molecule has 0 spiro atoms. The van der Waals surface area contributed by atoms with Crippen LogP contribution in [0.3, 0.4) is 0 Å². The topological polar surface area (TPSA) is 101 Å². The van der Waals surface area contributed by atoms with Crippen LogP contribution in [0.4, 0.5) is 11.4 Å². The van der Waals surface area contributed by atoms with E-state index in [1.165, 1.54) is 0 Å². The summed E-state index contributed by atoms with van der Waals surface area (Å²) in [6.07, 6.45) is 0. The van der Waals surface area contributed by atoms with Gasteiger partial charge >= 0.3 is 11.7 Å². The van der Waals surface area contributed by atoms with E-state index in [1.54, 1.807) is 38.2 Å². The van der Waals surface area contributed by atoms with Crippen molar-refractivity contribution in [2.45, 2.75) is 20.8 Å². The second kappa shape index (κ2) is 10.2. The van der Waals surface area contributed by atoms with Crippen molar-refractivity contribution in [1.29, 1.82) is 0 Å². The summed E-state index contributed by atoms with van der Waals surface area (Å²) in [6.45, 7) is 5.89. The maximum absolute atomic E-state index is 13.2. The highest BCUT2D eigenvalue weighted by atomic mass is 16.5. The highest BCUT2D eigenvalue weighted by Crippen LogP contribution is 2.34. The molecule has 0 saturated heterocycles. The zero-order valence-electron chi connectivity index (χ0n) is 21.9. The zero-order chi connectivity index (χ0) is 26.9. The van der Waals surface area contributed by atoms with Crippen LogP contribution in [0.15, 0.2) is 60.7 Å². The van der Waals surface area contributed by atoms with Gasteiger partial charge in [-0.05, 0) is 77.2 Å². The number of anilines is 2. The third-order valence-electron chi connectivity index (χ3n) is 6.39. The number of nitrogens with one attached hydrogen (secondary N) is 3. The lowest BCUT2D eigenvalue weighted by Crippen LogP contribution is -2.39. The smallest absolute Gasteiger partial charge is 0.327 e. The van der Waals surface area contributed by atoms with Crippen LogP contribution in [0.1, 0.15) is 37.7 Å². The summed E-state index contributed by atoms with van der Waals surface area (Å²) < 4.78 is 0.885. The Hall–Kier alpha value is -4.59. The number of imidazole rings is 1. The molecule has 0 aliphatic heterocycles. The van der Waals surface area contributed by atoms with E-state index in [0.717, 1.165) is 38.2 Å². The largest absolute Gasteiger partial charge is 0.378 e. The van der Waals surface area contributed by atoms with Crippen molar-refractivity contribution in [3.63, 3.8) is 0 Å². The Morgan fingerprint density at radius 3 is 2.19 bits per heavy atom. The molecule has 4 aromatic rings. The fourth-order valence-corrected chi connectivity index (χ4v) is 4.51. The van der Waals surface area contributed by atoms with Crippen molar-refractivity contribution in [3.05, 3.63) is 88.7 Å². The quantitative estimate of drug-likeness (QED) is 0.233. The summed E-state index contributed by atoms with van der Waals surface area (Å²) in [5.41, 5.74) is 7.58. The molecule has 1 heterocycles. The Balaban J connectivity index is 1.76. The number of amides is 2. The minimum absolute atomic E-state index is 0.0734. The average Bonchev–Trinajstić information content (AvgIpc) is 3.17. The minimum Gasteiger partial charge on any atom is -0.378 e. The lowest BCUT2D eigenvalue weighted by atomic mass is 9.94. The Kier molecular flexibility index (Phi) is 7.02. The van der Waals surface area contributed by atoms with Gasteiger partial charge in [0.05, 0.1) is 5.56 Å². The molecule has 2 amide bonds. The van der Waals surface area contributed by atoms with Crippen LogP contribution in [0.2, 0.25) is 0 Å². The molecular weight excluding hydrogens is 466 g/mol. The highest BCUT2D eigenvalue weighted by molar-refractivity contribution is 6.03. The number of aryl methyl sites for hydroxylation is 3. The number of carbonyl (C=O) groups excluding carboxylic acids is 2. The maximum atomic E-state index is 13.2. The molecule has 190 valence electrons. The van der Waals surface area contributed by atoms with Gasteiger partial charge in [0, 0.05) is 45.0 Å². The van der Waals surface area contributed by atoms with Gasteiger partial charge < -0.3 is 20.7 Å². The summed E-state index contributed by atoms with van der Waals surface area (Å²) in [7, 11) is 5.47. The van der Waals surface area contributed by atoms with E-state index >= 15 is 0 Å². The molecule has 3 aromatic carbocycles. The van der Waals surface area contributed by atoms with Crippen LogP contribution in [-0.4, -0.2) is 43.1 Å². The zero-order valence-corrected chi connectivity index (χ0v) is 21.9. The van der Waals surface area contributed by atoms with Crippen molar-refractivity contribution in [2.24, 2.45) is 0 Å². The van der Waals surface area contributed by atoms with Gasteiger partial charge in [-0.25, -0.2) is 4.98 Å². The van der Waals surface area contributed by atoms with Crippen molar-refractivity contribution in [1.82, 2.24) is 10.3 Å². The monoisotopic (exact) mass is 498 g/mol. The lowest BCUT2D eigenvalue weighted by molar-refractivity contribution is -0.896. The van der Waals surface area contributed by atoms with E-state index in [4.69, 9.17) is 0 Å². The van der Waals surface area contributed by atoms with Gasteiger partial charge in [0.2, 0.25) is 0 Å². The van der Waals surface area contributed by atoms with E-state index < -0.39 is 5.91 Å². The summed E-state index contributed by atoms with van der Waals surface area (Å²) in [5.74, 6) is -0.373. The van der Waals surface area contributed by atoms with Crippen LogP contribution in [0.5, 0.6) is 0 Å². The first-order valence-electron chi connectivity index (χ1n) is 12.0. The highest BCUT2D eigenvalue weighted by Gasteiger charge is 2.30. The third-order valence-corrected chi connectivity index (χ3v) is 6.39. The number of hydrogen-bond donors (Lipinski definition) is 4. The molecule has 0 aliphatic rings. The predicted molar refractivity (Wildman–Crippen MR) is 145 cm³/mol. The second-order valence-corrected chi connectivity index (χ2v) is 9.30. The van der Waals surface area contributed by atoms with Gasteiger partial charge in [-0.3, -0.25) is 9.59 Å². The molecule has 4 rings (SSSR count). The fraction of sp³-hybridized carbons (Fsp3) is 0.207. The number of nitrogens with zero attached hydrogens (tertiary/aromatic N) is 2. The number of aromatic amines is 1. The van der Waals surface area contributed by atoms with Crippen LogP contribution in [0.25, 0.3) is 22.5 Å². The van der Waals surface area contributed by atoms with E-state index in [1.807, 2.05) is 37.2 Å². The van der Waals surface area contributed by atoms with Gasteiger partial charge in [-0.2, -0.15) is 0 Å². The van der Waals surface area contributed by atoms with E-state index in [-0.39, 0.29) is 11.6 Å². The summed E-state index contributed by atoms with van der Waals surface area (Å²) in [4.78, 5) is 30.3. The Bertz CT molecular complexity index is 1480. The van der Waals surface area contributed by atoms with E-state index in [2.05, 4.69) is 47.7 Å². The van der Waals surface area contributed by atoms with Crippen molar-refractivity contribution >= 4 is 23.2 Å². The van der Waals surface area contributed by atoms with Crippen molar-refractivity contribution in [3.8, 4) is 22.5 Å². The van der Waals surface area contributed by atoms with Gasteiger partial charge in [0.25, 0.3) is 11.6 Å². The van der Waals surface area contributed by atoms with Crippen LogP contribution in [-0.2, 0) is 0 Å². The van der Waals surface area contributed by atoms with Gasteiger partial charge in [0.15, 0.2) is 5.69 Å². The van der Waals surface area contributed by atoms with E-state index in [9.17, 15) is 14.8 Å². The maximum Gasteiger partial charge on any atom is 0.327 e. The molecule has 0 fully saturated rings. The molecule has 8 heteroatoms. The molecule has 0 atom stereocenters. The molecule has 0 aliphatic carbocycles. The van der Waals surface area contributed by atoms with Gasteiger partial charge in [-0.15, -0.1) is 0 Å². The van der Waals surface area contributed by atoms with Crippen molar-refractivity contribution < 1.29 is 19.5 Å². The number of rotatable bonds is 6. The minimum atomic E-state index is -0.504. The molecule has 0 bridgehead atoms. The number of benzene rings is 3. The van der Waals surface area contributed by atoms with Gasteiger partial charge in [0.1, 0.15) is 0 Å². The van der Waals surface area contributed by atoms with Crippen LogP contribution >= 0.6 is 0 Å². The Morgan fingerprint density at radius 1 is 0.892 bits per heavy atom. The molecule has 8 nitrogen and oxygen atoms in total. The molecule has 0 unspecified atom stereocenters. The molecule has 0 saturated carbocycles. The number of H-pyrrole nitrogens is 1. The van der Waals surface area contributed by atoms with Crippen LogP contribution < -0.4 is 20.3 Å². The SMILES string of the molecule is CNC(=O)c1cccc(NC(=O)c2c(C)[nH]c(-c3cc(-c4c(C)cccc4C)cc(N(C)C)c3)[n+]2O)c1. The first kappa shape index (κ1) is 25.5. The summed E-state index contributed by atoms with van der Waals surface area (Å²) in [5, 5.41) is 16.5. The molecule has 37 heavy (non-hydrogen) atoms. The first-order valence-corrected chi connectivity index (χ1v) is 12.0. The Morgan fingerprint density at radius 2 is 1.54 bits per heavy atom. The lowest BCUT2D eigenvalue weighted by Gasteiger charge is -2.17. The van der Waals surface area contributed by atoms with E-state index in [0.29, 0.717) is 22.8 Å². The molecule has 0 radical (unpaired) electrons. The number of aromatic nitrogens is 2. The predicted octanol–water partition coefficient (Wildman–Crippen LogP) is 4.48. The molecule has 1 aromatic heterocycles. The van der Waals surface area contributed by atoms with Crippen molar-refractivity contribution in [2.75, 3.05) is 31.4 Å². The second-order valence-electron chi connectivity index (χ2n) is 9.30. The fourth-order valence-electron chi connectivity index (χ4n) is 4.51.